The standard InChI is InChI=1S/C23H22ClN3OS/c1-15(2)27-22(28)21-20(19(13-26(21)3)17-9-5-4-6-10-17)25-23(27)29-14-16-8-7-11-18(24)12-16/h4-13,15H,14H2,1-3H3. The monoisotopic (exact) mass is 423 g/mol. The lowest BCUT2D eigenvalue weighted by Gasteiger charge is -2.16. The predicted octanol–water partition coefficient (Wildman–Crippen LogP) is 5.93. The Labute approximate surface area is 179 Å². The molecule has 0 bridgehead atoms. The first-order chi connectivity index (χ1) is 14.0. The molecule has 0 atom stereocenters. The van der Waals surface area contributed by atoms with Crippen molar-refractivity contribution in [1.29, 1.82) is 0 Å². The third-order valence-corrected chi connectivity index (χ3v) is 6.11. The van der Waals surface area contributed by atoms with Gasteiger partial charge in [-0.05, 0) is 37.1 Å². The SMILES string of the molecule is CC(C)n1c(SCc2cccc(Cl)c2)nc2c(-c3ccccc3)cn(C)c2c1=O. The molecule has 0 aliphatic heterocycles. The Morgan fingerprint density at radius 3 is 2.55 bits per heavy atom. The van der Waals surface area contributed by atoms with E-state index < -0.39 is 0 Å². The molecular weight excluding hydrogens is 402 g/mol. The van der Waals surface area contributed by atoms with Crippen molar-refractivity contribution in [3.8, 4) is 11.1 Å². The number of nitrogens with zero attached hydrogens (tertiary/aromatic N) is 3. The largest absolute Gasteiger partial charge is 0.344 e. The van der Waals surface area contributed by atoms with Gasteiger partial charge in [0, 0.05) is 35.6 Å². The molecule has 0 unspecified atom stereocenters. The van der Waals surface area contributed by atoms with Gasteiger partial charge < -0.3 is 4.57 Å². The number of thioether (sulfide) groups is 1. The van der Waals surface area contributed by atoms with Crippen molar-refractivity contribution in [3.05, 3.63) is 81.7 Å². The maximum absolute atomic E-state index is 13.4. The zero-order valence-electron chi connectivity index (χ0n) is 16.6. The van der Waals surface area contributed by atoms with E-state index in [1.165, 1.54) is 0 Å². The molecule has 4 nitrogen and oxygen atoms in total. The van der Waals surface area contributed by atoms with Gasteiger partial charge in [0.25, 0.3) is 5.56 Å². The summed E-state index contributed by atoms with van der Waals surface area (Å²) in [6.45, 7) is 4.03. The van der Waals surface area contributed by atoms with Crippen LogP contribution in [-0.4, -0.2) is 14.1 Å². The van der Waals surface area contributed by atoms with E-state index in [0.717, 1.165) is 27.4 Å². The number of aryl methyl sites for hydroxylation is 1. The van der Waals surface area contributed by atoms with Gasteiger partial charge in [-0.1, -0.05) is 65.8 Å². The molecule has 148 valence electrons. The average Bonchev–Trinajstić information content (AvgIpc) is 3.03. The Morgan fingerprint density at radius 2 is 1.86 bits per heavy atom. The summed E-state index contributed by atoms with van der Waals surface area (Å²) in [4.78, 5) is 18.4. The molecule has 6 heteroatoms. The van der Waals surface area contributed by atoms with Gasteiger partial charge in [0.15, 0.2) is 5.16 Å². The average molecular weight is 424 g/mol. The third-order valence-electron chi connectivity index (χ3n) is 4.85. The van der Waals surface area contributed by atoms with Crippen LogP contribution in [0.5, 0.6) is 0 Å². The highest BCUT2D eigenvalue weighted by Crippen LogP contribution is 2.31. The van der Waals surface area contributed by atoms with Gasteiger partial charge in [0.05, 0.1) is 0 Å². The minimum atomic E-state index is -0.0109. The Kier molecular flexibility index (Phi) is 5.52. The van der Waals surface area contributed by atoms with E-state index in [-0.39, 0.29) is 11.6 Å². The van der Waals surface area contributed by atoms with Crippen LogP contribution >= 0.6 is 23.4 Å². The number of benzene rings is 2. The van der Waals surface area contributed by atoms with Crippen LogP contribution in [0.3, 0.4) is 0 Å². The van der Waals surface area contributed by atoms with Crippen molar-refractivity contribution in [1.82, 2.24) is 14.1 Å². The Balaban J connectivity index is 1.86. The van der Waals surface area contributed by atoms with Gasteiger partial charge >= 0.3 is 0 Å². The summed E-state index contributed by atoms with van der Waals surface area (Å²) in [6, 6.07) is 17.9. The molecular formula is C23H22ClN3OS. The molecule has 0 N–H and O–H groups in total. The minimum absolute atomic E-state index is 0.0105. The summed E-state index contributed by atoms with van der Waals surface area (Å²) in [5.41, 5.74) is 4.49. The first-order valence-corrected chi connectivity index (χ1v) is 10.9. The molecule has 0 spiro atoms. The van der Waals surface area contributed by atoms with Gasteiger partial charge in [-0.3, -0.25) is 9.36 Å². The molecule has 2 heterocycles. The zero-order chi connectivity index (χ0) is 20.5. The van der Waals surface area contributed by atoms with Gasteiger partial charge in [-0.15, -0.1) is 0 Å². The third kappa shape index (κ3) is 3.85. The van der Waals surface area contributed by atoms with Crippen LogP contribution in [0.1, 0.15) is 25.5 Å². The van der Waals surface area contributed by atoms with E-state index in [2.05, 4.69) is 0 Å². The topological polar surface area (TPSA) is 39.8 Å². The normalized spacial score (nSPS) is 11.5. The summed E-state index contributed by atoms with van der Waals surface area (Å²) in [5, 5.41) is 1.43. The highest BCUT2D eigenvalue weighted by Gasteiger charge is 2.20. The lowest BCUT2D eigenvalue weighted by molar-refractivity contribution is 0.517. The molecule has 0 radical (unpaired) electrons. The van der Waals surface area contributed by atoms with E-state index >= 15 is 0 Å². The molecule has 0 fully saturated rings. The number of halogens is 1. The van der Waals surface area contributed by atoms with Crippen molar-refractivity contribution < 1.29 is 0 Å². The molecule has 0 aliphatic rings. The molecule has 4 aromatic rings. The van der Waals surface area contributed by atoms with Crippen LogP contribution in [0.25, 0.3) is 22.2 Å². The van der Waals surface area contributed by atoms with Crippen LogP contribution < -0.4 is 5.56 Å². The van der Waals surface area contributed by atoms with Gasteiger partial charge in [-0.25, -0.2) is 4.98 Å². The van der Waals surface area contributed by atoms with E-state index in [1.54, 1.807) is 16.3 Å². The first-order valence-electron chi connectivity index (χ1n) is 9.50. The van der Waals surface area contributed by atoms with Crippen LogP contribution in [0.4, 0.5) is 0 Å². The summed E-state index contributed by atoms with van der Waals surface area (Å²) >= 11 is 7.68. The van der Waals surface area contributed by atoms with Crippen molar-refractivity contribution in [3.63, 3.8) is 0 Å². The maximum atomic E-state index is 13.4. The summed E-state index contributed by atoms with van der Waals surface area (Å²) < 4.78 is 3.67. The molecule has 2 aromatic carbocycles. The lowest BCUT2D eigenvalue weighted by atomic mass is 10.1. The summed E-state index contributed by atoms with van der Waals surface area (Å²) in [6.07, 6.45) is 1.99. The quantitative estimate of drug-likeness (QED) is 0.295. The Bertz CT molecular complexity index is 1230. The molecule has 4 rings (SSSR count). The van der Waals surface area contributed by atoms with Crippen LogP contribution in [0.2, 0.25) is 5.02 Å². The zero-order valence-corrected chi connectivity index (χ0v) is 18.2. The second-order valence-corrected chi connectivity index (χ2v) is 8.68. The van der Waals surface area contributed by atoms with Crippen molar-refractivity contribution in [2.75, 3.05) is 0 Å². The highest BCUT2D eigenvalue weighted by molar-refractivity contribution is 7.98. The summed E-state index contributed by atoms with van der Waals surface area (Å²) in [5.74, 6) is 0.693. The van der Waals surface area contributed by atoms with Crippen molar-refractivity contribution in [2.45, 2.75) is 30.8 Å². The van der Waals surface area contributed by atoms with Crippen LogP contribution in [0.15, 0.2) is 70.7 Å². The fourth-order valence-electron chi connectivity index (χ4n) is 3.49. The molecule has 29 heavy (non-hydrogen) atoms. The lowest BCUT2D eigenvalue weighted by Crippen LogP contribution is -2.26. The van der Waals surface area contributed by atoms with E-state index in [9.17, 15) is 4.79 Å². The van der Waals surface area contributed by atoms with Crippen LogP contribution in [0, 0.1) is 0 Å². The fraction of sp³-hybridized carbons (Fsp3) is 0.217. The second-order valence-electron chi connectivity index (χ2n) is 7.30. The first kappa shape index (κ1) is 19.8. The van der Waals surface area contributed by atoms with Crippen molar-refractivity contribution in [2.24, 2.45) is 7.05 Å². The molecule has 0 saturated carbocycles. The molecule has 0 aliphatic carbocycles. The second kappa shape index (κ2) is 8.09. The Morgan fingerprint density at radius 1 is 1.10 bits per heavy atom. The maximum Gasteiger partial charge on any atom is 0.278 e. The molecule has 0 saturated heterocycles. The molecule has 0 amide bonds. The number of hydrogen-bond donors (Lipinski definition) is 0. The minimum Gasteiger partial charge on any atom is -0.344 e. The number of aromatic nitrogens is 3. The Hall–Kier alpha value is -2.50. The highest BCUT2D eigenvalue weighted by atomic mass is 35.5. The number of rotatable bonds is 5. The van der Waals surface area contributed by atoms with Crippen molar-refractivity contribution >= 4 is 34.4 Å². The van der Waals surface area contributed by atoms with Gasteiger partial charge in [0.2, 0.25) is 0 Å². The summed E-state index contributed by atoms with van der Waals surface area (Å²) in [7, 11) is 1.90. The smallest absolute Gasteiger partial charge is 0.278 e. The molecule has 2 aromatic heterocycles. The fourth-order valence-corrected chi connectivity index (χ4v) is 4.77. The van der Waals surface area contributed by atoms with E-state index in [1.807, 2.05) is 86.3 Å². The predicted molar refractivity (Wildman–Crippen MR) is 122 cm³/mol. The number of hydrogen-bond acceptors (Lipinski definition) is 3. The number of fused-ring (bicyclic) bond motifs is 1. The van der Waals surface area contributed by atoms with E-state index in [4.69, 9.17) is 16.6 Å². The van der Waals surface area contributed by atoms with Crippen LogP contribution in [-0.2, 0) is 12.8 Å². The van der Waals surface area contributed by atoms with Gasteiger partial charge in [0.1, 0.15) is 11.0 Å². The van der Waals surface area contributed by atoms with E-state index in [0.29, 0.717) is 16.3 Å². The van der Waals surface area contributed by atoms with Gasteiger partial charge in [-0.2, -0.15) is 0 Å².